The fourth-order valence-corrected chi connectivity index (χ4v) is 4.02. The third-order valence-corrected chi connectivity index (χ3v) is 5.73. The minimum absolute atomic E-state index is 0.141. The number of amides is 1. The van der Waals surface area contributed by atoms with E-state index in [2.05, 4.69) is 5.32 Å². The van der Waals surface area contributed by atoms with Crippen molar-refractivity contribution in [3.05, 3.63) is 95.1 Å². The maximum atomic E-state index is 12.5. The van der Waals surface area contributed by atoms with Crippen LogP contribution >= 0.6 is 0 Å². The van der Waals surface area contributed by atoms with Gasteiger partial charge in [0, 0.05) is 0 Å². The maximum absolute atomic E-state index is 12.5. The van der Waals surface area contributed by atoms with Crippen LogP contribution in [0, 0.1) is 0 Å². The Bertz CT molecular complexity index is 1050. The number of hydrogen-bond acceptors (Lipinski definition) is 4. The summed E-state index contributed by atoms with van der Waals surface area (Å²) in [5.74, 6) is 1.08. The SMILES string of the molecule is COc1cc(CC(=O)NCC2(O)CCc3ccccc32)ccc1OCc1ccccc1. The Morgan fingerprint density at radius 3 is 2.58 bits per heavy atom. The number of nitrogens with one attached hydrogen (secondary N) is 1. The van der Waals surface area contributed by atoms with Gasteiger partial charge in [0.1, 0.15) is 12.2 Å². The molecule has 5 nitrogen and oxygen atoms in total. The quantitative estimate of drug-likeness (QED) is 0.586. The van der Waals surface area contributed by atoms with Gasteiger partial charge in [-0.1, -0.05) is 60.7 Å². The second-order valence-electron chi connectivity index (χ2n) is 7.90. The second-order valence-corrected chi connectivity index (χ2v) is 7.90. The lowest BCUT2D eigenvalue weighted by Gasteiger charge is -2.24. The van der Waals surface area contributed by atoms with Crippen molar-refractivity contribution in [2.75, 3.05) is 13.7 Å². The Balaban J connectivity index is 1.35. The molecule has 1 aliphatic carbocycles. The monoisotopic (exact) mass is 417 g/mol. The third-order valence-electron chi connectivity index (χ3n) is 5.73. The molecule has 0 aliphatic heterocycles. The predicted molar refractivity (Wildman–Crippen MR) is 119 cm³/mol. The van der Waals surface area contributed by atoms with Crippen LogP contribution in [0.3, 0.4) is 0 Å². The zero-order valence-corrected chi connectivity index (χ0v) is 17.6. The molecule has 0 heterocycles. The van der Waals surface area contributed by atoms with Crippen molar-refractivity contribution in [1.82, 2.24) is 5.32 Å². The van der Waals surface area contributed by atoms with Crippen LogP contribution in [-0.2, 0) is 29.8 Å². The van der Waals surface area contributed by atoms with Crippen LogP contribution in [0.5, 0.6) is 11.5 Å². The van der Waals surface area contributed by atoms with E-state index in [1.807, 2.05) is 72.8 Å². The van der Waals surface area contributed by atoms with E-state index in [1.165, 1.54) is 0 Å². The summed E-state index contributed by atoms with van der Waals surface area (Å²) in [6.07, 6.45) is 1.64. The molecular formula is C26H27NO4. The fourth-order valence-electron chi connectivity index (χ4n) is 4.02. The predicted octanol–water partition coefficient (Wildman–Crippen LogP) is 3.77. The van der Waals surface area contributed by atoms with Crippen LogP contribution in [0.15, 0.2) is 72.8 Å². The number of methoxy groups -OCH3 is 1. The molecule has 0 spiro atoms. The van der Waals surface area contributed by atoms with Crippen molar-refractivity contribution in [2.45, 2.75) is 31.5 Å². The summed E-state index contributed by atoms with van der Waals surface area (Å²) in [4.78, 5) is 12.5. The Labute approximate surface area is 182 Å². The van der Waals surface area contributed by atoms with Gasteiger partial charge in [-0.25, -0.2) is 0 Å². The molecule has 1 atom stereocenters. The average molecular weight is 418 g/mol. The first-order valence-corrected chi connectivity index (χ1v) is 10.5. The summed E-state index contributed by atoms with van der Waals surface area (Å²) >= 11 is 0. The van der Waals surface area contributed by atoms with E-state index in [0.717, 1.165) is 28.7 Å². The fraction of sp³-hybridized carbons (Fsp3) is 0.269. The van der Waals surface area contributed by atoms with Gasteiger partial charge in [0.15, 0.2) is 11.5 Å². The molecule has 0 aromatic heterocycles. The van der Waals surface area contributed by atoms with Crippen molar-refractivity contribution < 1.29 is 19.4 Å². The molecule has 160 valence electrons. The molecule has 1 aliphatic rings. The number of rotatable bonds is 8. The van der Waals surface area contributed by atoms with Gasteiger partial charge >= 0.3 is 0 Å². The van der Waals surface area contributed by atoms with E-state index in [4.69, 9.17) is 9.47 Å². The number of carbonyl (C=O) groups excluding carboxylic acids is 1. The second kappa shape index (κ2) is 9.23. The molecule has 0 bridgehead atoms. The van der Waals surface area contributed by atoms with Gasteiger partial charge in [0.25, 0.3) is 0 Å². The van der Waals surface area contributed by atoms with Crippen LogP contribution in [0.25, 0.3) is 0 Å². The van der Waals surface area contributed by atoms with Crippen molar-refractivity contribution in [3.8, 4) is 11.5 Å². The molecule has 0 saturated carbocycles. The van der Waals surface area contributed by atoms with E-state index < -0.39 is 5.60 Å². The molecule has 4 rings (SSSR count). The molecule has 3 aromatic rings. The zero-order chi connectivity index (χ0) is 21.7. The van der Waals surface area contributed by atoms with Crippen molar-refractivity contribution in [3.63, 3.8) is 0 Å². The highest BCUT2D eigenvalue weighted by Crippen LogP contribution is 2.36. The van der Waals surface area contributed by atoms with Crippen LogP contribution in [0.1, 0.15) is 28.7 Å². The lowest BCUT2D eigenvalue weighted by Crippen LogP contribution is -2.39. The van der Waals surface area contributed by atoms with Crippen molar-refractivity contribution in [1.29, 1.82) is 0 Å². The number of ether oxygens (including phenoxy) is 2. The largest absolute Gasteiger partial charge is 0.493 e. The molecule has 2 N–H and O–H groups in total. The highest BCUT2D eigenvalue weighted by Gasteiger charge is 2.36. The van der Waals surface area contributed by atoms with E-state index in [0.29, 0.717) is 24.5 Å². The van der Waals surface area contributed by atoms with Gasteiger partial charge in [0.05, 0.1) is 20.1 Å². The van der Waals surface area contributed by atoms with Gasteiger partial charge in [-0.2, -0.15) is 0 Å². The lowest BCUT2D eigenvalue weighted by molar-refractivity contribution is -0.121. The lowest BCUT2D eigenvalue weighted by atomic mass is 9.96. The number of carbonyl (C=O) groups is 1. The minimum atomic E-state index is -1.00. The molecule has 31 heavy (non-hydrogen) atoms. The first kappa shape index (κ1) is 20.9. The van der Waals surface area contributed by atoms with Gasteiger partial charge < -0.3 is 19.9 Å². The number of fused-ring (bicyclic) bond motifs is 1. The molecule has 0 saturated heterocycles. The minimum Gasteiger partial charge on any atom is -0.493 e. The summed E-state index contributed by atoms with van der Waals surface area (Å²) in [7, 11) is 1.58. The summed E-state index contributed by atoms with van der Waals surface area (Å²) in [6.45, 7) is 0.648. The Hall–Kier alpha value is -3.31. The van der Waals surface area contributed by atoms with Crippen molar-refractivity contribution >= 4 is 5.91 Å². The Morgan fingerprint density at radius 1 is 1.00 bits per heavy atom. The average Bonchev–Trinajstić information content (AvgIpc) is 3.15. The van der Waals surface area contributed by atoms with Gasteiger partial charge in [0.2, 0.25) is 5.91 Å². The summed E-state index contributed by atoms with van der Waals surface area (Å²) in [5.41, 5.74) is 2.95. The normalized spacial score (nSPS) is 17.1. The Kier molecular flexibility index (Phi) is 6.23. The van der Waals surface area contributed by atoms with E-state index in [-0.39, 0.29) is 18.9 Å². The van der Waals surface area contributed by atoms with E-state index in [1.54, 1.807) is 7.11 Å². The maximum Gasteiger partial charge on any atom is 0.224 e. The van der Waals surface area contributed by atoms with E-state index >= 15 is 0 Å². The molecule has 0 fully saturated rings. The van der Waals surface area contributed by atoms with Gasteiger partial charge in [-0.3, -0.25) is 4.79 Å². The first-order valence-electron chi connectivity index (χ1n) is 10.5. The zero-order valence-electron chi connectivity index (χ0n) is 17.6. The van der Waals surface area contributed by atoms with Crippen LogP contribution in [0.4, 0.5) is 0 Å². The van der Waals surface area contributed by atoms with Crippen LogP contribution < -0.4 is 14.8 Å². The molecule has 3 aromatic carbocycles. The smallest absolute Gasteiger partial charge is 0.224 e. The molecule has 1 unspecified atom stereocenters. The summed E-state index contributed by atoms with van der Waals surface area (Å²) in [6, 6.07) is 23.3. The summed E-state index contributed by atoms with van der Waals surface area (Å²) < 4.78 is 11.3. The van der Waals surface area contributed by atoms with Crippen molar-refractivity contribution in [2.24, 2.45) is 0 Å². The molecule has 1 amide bonds. The molecular weight excluding hydrogens is 390 g/mol. The Morgan fingerprint density at radius 2 is 1.77 bits per heavy atom. The number of aliphatic hydroxyl groups is 1. The standard InChI is InChI=1S/C26H27NO4/c1-30-24-15-20(11-12-23(24)31-17-19-7-3-2-4-8-19)16-25(28)27-18-26(29)14-13-21-9-5-6-10-22(21)26/h2-12,15,29H,13-14,16-18H2,1H3,(H,27,28). The van der Waals surface area contributed by atoms with E-state index in [9.17, 15) is 9.90 Å². The van der Waals surface area contributed by atoms with Crippen LogP contribution in [-0.4, -0.2) is 24.7 Å². The third kappa shape index (κ3) is 4.89. The highest BCUT2D eigenvalue weighted by molar-refractivity contribution is 5.79. The highest BCUT2D eigenvalue weighted by atomic mass is 16.5. The molecule has 5 heteroatoms. The number of aryl methyl sites for hydroxylation is 1. The number of hydrogen-bond donors (Lipinski definition) is 2. The molecule has 0 radical (unpaired) electrons. The van der Waals surface area contributed by atoms with Gasteiger partial charge in [-0.05, 0) is 47.2 Å². The first-order chi connectivity index (χ1) is 15.1. The summed E-state index contributed by atoms with van der Waals surface area (Å²) in [5, 5.41) is 13.9. The van der Waals surface area contributed by atoms with Crippen LogP contribution in [0.2, 0.25) is 0 Å². The van der Waals surface area contributed by atoms with Gasteiger partial charge in [-0.15, -0.1) is 0 Å². The topological polar surface area (TPSA) is 67.8 Å². The number of benzene rings is 3.